The topological polar surface area (TPSA) is 53.1 Å². The molecule has 0 saturated heterocycles. The highest BCUT2D eigenvalue weighted by atomic mass is 19.3. The largest absolute Gasteiger partial charge is 0.486 e. The molecular weight excluding hydrogens is 252 g/mol. The zero-order chi connectivity index (χ0) is 13.8. The van der Waals surface area contributed by atoms with Crippen molar-refractivity contribution < 1.29 is 13.5 Å². The summed E-state index contributed by atoms with van der Waals surface area (Å²) < 4.78 is 31.4. The van der Waals surface area contributed by atoms with Crippen molar-refractivity contribution in [2.75, 3.05) is 0 Å². The minimum atomic E-state index is -2.61. The van der Waals surface area contributed by atoms with E-state index in [-0.39, 0.29) is 18.5 Å². The molecule has 1 atom stereocenters. The first-order valence-electron chi connectivity index (χ1n) is 5.86. The van der Waals surface area contributed by atoms with E-state index in [1.54, 1.807) is 12.1 Å². The molecule has 0 radical (unpaired) electrons. The fourth-order valence-electron chi connectivity index (χ4n) is 1.67. The molecule has 1 aromatic heterocycles. The summed E-state index contributed by atoms with van der Waals surface area (Å²) in [5.41, 5.74) is 6.69. The summed E-state index contributed by atoms with van der Waals surface area (Å²) in [7, 11) is 0. The molecule has 0 fully saturated rings. The molecule has 0 aliphatic rings. The highest BCUT2D eigenvalue weighted by Crippen LogP contribution is 2.19. The van der Waals surface area contributed by atoms with E-state index in [1.807, 2.05) is 19.1 Å². The molecule has 0 aliphatic heterocycles. The Balaban J connectivity index is 2.06. The fraction of sp³-hybridized carbons (Fsp3) is 0.308. The number of imidazole rings is 1. The molecule has 0 unspecified atom stereocenters. The van der Waals surface area contributed by atoms with Crippen molar-refractivity contribution in [1.29, 1.82) is 0 Å². The van der Waals surface area contributed by atoms with Gasteiger partial charge in [0.05, 0.1) is 0 Å². The van der Waals surface area contributed by atoms with Crippen molar-refractivity contribution in [2.24, 2.45) is 5.73 Å². The Morgan fingerprint density at radius 1 is 1.42 bits per heavy atom. The van der Waals surface area contributed by atoms with E-state index in [2.05, 4.69) is 4.98 Å². The lowest BCUT2D eigenvalue weighted by molar-refractivity contribution is 0.0632. The number of rotatable bonds is 5. The zero-order valence-corrected chi connectivity index (χ0v) is 10.5. The van der Waals surface area contributed by atoms with E-state index in [4.69, 9.17) is 10.5 Å². The van der Waals surface area contributed by atoms with Gasteiger partial charge in [0.25, 0.3) is 0 Å². The second-order valence-corrected chi connectivity index (χ2v) is 4.18. The van der Waals surface area contributed by atoms with E-state index in [1.165, 1.54) is 12.4 Å². The van der Waals surface area contributed by atoms with Crippen molar-refractivity contribution in [2.45, 2.75) is 26.1 Å². The van der Waals surface area contributed by atoms with Gasteiger partial charge in [-0.25, -0.2) is 4.98 Å². The molecule has 6 heteroatoms. The Morgan fingerprint density at radius 3 is 2.89 bits per heavy atom. The average Bonchev–Trinajstić information content (AvgIpc) is 2.85. The van der Waals surface area contributed by atoms with Crippen molar-refractivity contribution in [3.8, 4) is 5.75 Å². The summed E-state index contributed by atoms with van der Waals surface area (Å²) in [6.45, 7) is -0.765. The van der Waals surface area contributed by atoms with Gasteiger partial charge >= 0.3 is 6.55 Å². The molecule has 2 aromatic rings. The van der Waals surface area contributed by atoms with Crippen molar-refractivity contribution >= 4 is 0 Å². The van der Waals surface area contributed by atoms with Crippen LogP contribution in [-0.2, 0) is 6.61 Å². The number of hydrogen-bond acceptors (Lipinski definition) is 3. The summed E-state index contributed by atoms with van der Waals surface area (Å²) in [4.78, 5) is 3.84. The van der Waals surface area contributed by atoms with Gasteiger partial charge in [-0.2, -0.15) is 8.78 Å². The second kappa shape index (κ2) is 5.79. The number of aromatic nitrogens is 2. The van der Waals surface area contributed by atoms with Gasteiger partial charge in [-0.15, -0.1) is 0 Å². The van der Waals surface area contributed by atoms with Crippen LogP contribution in [-0.4, -0.2) is 9.55 Å². The van der Waals surface area contributed by atoms with Crippen LogP contribution in [0.4, 0.5) is 8.78 Å². The minimum Gasteiger partial charge on any atom is -0.486 e. The third-order valence-corrected chi connectivity index (χ3v) is 2.71. The van der Waals surface area contributed by atoms with E-state index in [9.17, 15) is 8.78 Å². The molecule has 0 amide bonds. The number of benzene rings is 1. The number of nitrogens with zero attached hydrogens (tertiary/aromatic N) is 2. The maximum Gasteiger partial charge on any atom is 0.320 e. The number of hydrogen-bond donors (Lipinski definition) is 1. The minimum absolute atomic E-state index is 0.0141. The van der Waals surface area contributed by atoms with Crippen LogP contribution in [0.15, 0.2) is 36.7 Å². The van der Waals surface area contributed by atoms with E-state index in [0.29, 0.717) is 5.75 Å². The molecule has 1 aromatic carbocycles. The lowest BCUT2D eigenvalue weighted by Gasteiger charge is -2.11. The van der Waals surface area contributed by atoms with Gasteiger partial charge < -0.3 is 10.5 Å². The number of ether oxygens (including phenoxy) is 1. The third kappa shape index (κ3) is 3.29. The lowest BCUT2D eigenvalue weighted by atomic mass is 10.1. The van der Waals surface area contributed by atoms with Crippen LogP contribution in [0.1, 0.15) is 30.9 Å². The quantitative estimate of drug-likeness (QED) is 0.906. The Labute approximate surface area is 109 Å². The molecular formula is C13H15F2N3O. The van der Waals surface area contributed by atoms with Crippen molar-refractivity contribution in [3.05, 3.63) is 48.0 Å². The third-order valence-electron chi connectivity index (χ3n) is 2.71. The zero-order valence-electron chi connectivity index (χ0n) is 10.5. The molecule has 0 aliphatic carbocycles. The number of nitrogens with two attached hydrogens (primary N) is 1. The highest BCUT2D eigenvalue weighted by molar-refractivity contribution is 5.30. The van der Waals surface area contributed by atoms with E-state index < -0.39 is 6.55 Å². The molecule has 1 heterocycles. The average molecular weight is 267 g/mol. The van der Waals surface area contributed by atoms with Gasteiger partial charge in [-0.05, 0) is 24.6 Å². The molecule has 2 rings (SSSR count). The van der Waals surface area contributed by atoms with Crippen LogP contribution in [0.2, 0.25) is 0 Å². The van der Waals surface area contributed by atoms with Crippen LogP contribution < -0.4 is 10.5 Å². The van der Waals surface area contributed by atoms with Gasteiger partial charge in [0.15, 0.2) is 5.82 Å². The summed E-state index contributed by atoms with van der Waals surface area (Å²) in [6, 6.07) is 7.14. The maximum absolute atomic E-state index is 12.6. The molecule has 4 nitrogen and oxygen atoms in total. The highest BCUT2D eigenvalue weighted by Gasteiger charge is 2.11. The Bertz CT molecular complexity index is 540. The van der Waals surface area contributed by atoms with Gasteiger partial charge in [0, 0.05) is 18.4 Å². The predicted molar refractivity (Wildman–Crippen MR) is 66.9 cm³/mol. The van der Waals surface area contributed by atoms with Gasteiger partial charge in [-0.1, -0.05) is 12.1 Å². The van der Waals surface area contributed by atoms with Gasteiger partial charge in [0.2, 0.25) is 0 Å². The summed E-state index contributed by atoms with van der Waals surface area (Å²) >= 11 is 0. The fourth-order valence-corrected chi connectivity index (χ4v) is 1.67. The monoisotopic (exact) mass is 267 g/mol. The molecule has 19 heavy (non-hydrogen) atoms. The first-order chi connectivity index (χ1) is 9.08. The predicted octanol–water partition coefficient (Wildman–Crippen LogP) is 2.88. The standard InChI is InChI=1S/C13H15F2N3O/c1-9(16)10-3-2-4-11(7-10)19-8-12-17-5-6-18(12)13(14)15/h2-7,9,13H,8,16H2,1H3/t9-/m1/s1. The summed E-state index contributed by atoms with van der Waals surface area (Å²) in [6.07, 6.45) is 2.55. The van der Waals surface area contributed by atoms with Crippen molar-refractivity contribution in [1.82, 2.24) is 9.55 Å². The Kier molecular flexibility index (Phi) is 4.11. The first kappa shape index (κ1) is 13.5. The smallest absolute Gasteiger partial charge is 0.320 e. The summed E-state index contributed by atoms with van der Waals surface area (Å²) in [5.74, 6) is 0.764. The van der Waals surface area contributed by atoms with Gasteiger partial charge in [-0.3, -0.25) is 4.57 Å². The molecule has 102 valence electrons. The molecule has 0 spiro atoms. The number of halogens is 2. The molecule has 0 bridgehead atoms. The van der Waals surface area contributed by atoms with Crippen LogP contribution in [0.25, 0.3) is 0 Å². The number of alkyl halides is 2. The lowest BCUT2D eigenvalue weighted by Crippen LogP contribution is -2.08. The van der Waals surface area contributed by atoms with Crippen LogP contribution in [0, 0.1) is 0 Å². The maximum atomic E-state index is 12.6. The SMILES string of the molecule is C[C@@H](N)c1cccc(OCc2nccn2C(F)F)c1. The van der Waals surface area contributed by atoms with Crippen LogP contribution >= 0.6 is 0 Å². The van der Waals surface area contributed by atoms with Crippen molar-refractivity contribution in [3.63, 3.8) is 0 Å². The van der Waals surface area contributed by atoms with E-state index >= 15 is 0 Å². The van der Waals surface area contributed by atoms with Gasteiger partial charge in [0.1, 0.15) is 12.4 Å². The van der Waals surface area contributed by atoms with Crippen LogP contribution in [0.5, 0.6) is 5.75 Å². The Hall–Kier alpha value is -1.95. The first-order valence-corrected chi connectivity index (χ1v) is 5.86. The molecule has 2 N–H and O–H groups in total. The molecule has 0 saturated carbocycles. The summed E-state index contributed by atoms with van der Waals surface area (Å²) in [5, 5.41) is 0. The second-order valence-electron chi connectivity index (χ2n) is 4.18. The Morgan fingerprint density at radius 2 is 2.21 bits per heavy atom. The van der Waals surface area contributed by atoms with E-state index in [0.717, 1.165) is 10.1 Å². The normalized spacial score (nSPS) is 12.7. The van der Waals surface area contributed by atoms with Crippen LogP contribution in [0.3, 0.4) is 0 Å².